The maximum absolute atomic E-state index is 13.4. The standard InChI is InChI=1S/C30H29N5O2/c1-20-14-15-24-23(18-20)26(21-10-4-2-5-11-21)28(31-24)29(36)33-32-27-22-12-6-7-13-25(22)35(30(27)37)19-34-16-8-3-9-17-34/h2,4-7,10-15,18,31,37H,3,8-9,16-17,19H2,1H3. The number of H-pyrrole nitrogens is 1. The highest BCUT2D eigenvalue weighted by Gasteiger charge is 2.22. The first kappa shape index (κ1) is 23.2. The minimum absolute atomic E-state index is 0.0267. The molecule has 0 spiro atoms. The minimum Gasteiger partial charge on any atom is -0.493 e. The SMILES string of the molecule is Cc1ccc2[nH]c(C(=O)N=Nc3c(O)n(CN4CCCCC4)c4ccccc34)c(-c3ccccc3)c2c1. The van der Waals surface area contributed by atoms with Crippen molar-refractivity contribution in [1.29, 1.82) is 0 Å². The topological polar surface area (TPSA) is 86.0 Å². The summed E-state index contributed by atoms with van der Waals surface area (Å²) in [6, 6.07) is 23.6. The number of aromatic hydroxyl groups is 1. The Labute approximate surface area is 215 Å². The summed E-state index contributed by atoms with van der Waals surface area (Å²) in [5.41, 5.74) is 5.28. The zero-order chi connectivity index (χ0) is 25.4. The van der Waals surface area contributed by atoms with Crippen LogP contribution in [0.15, 0.2) is 83.0 Å². The van der Waals surface area contributed by atoms with Crippen LogP contribution in [0.25, 0.3) is 32.9 Å². The number of aryl methyl sites for hydroxylation is 1. The number of likely N-dealkylation sites (tertiary alicyclic amines) is 1. The highest BCUT2D eigenvalue weighted by atomic mass is 16.3. The Morgan fingerprint density at radius 1 is 0.946 bits per heavy atom. The summed E-state index contributed by atoms with van der Waals surface area (Å²) >= 11 is 0. The highest BCUT2D eigenvalue weighted by Crippen LogP contribution is 2.40. The molecule has 3 aromatic carbocycles. The van der Waals surface area contributed by atoms with E-state index in [9.17, 15) is 9.90 Å². The van der Waals surface area contributed by atoms with Crippen molar-refractivity contribution < 1.29 is 9.90 Å². The molecule has 5 aromatic rings. The summed E-state index contributed by atoms with van der Waals surface area (Å²) in [5, 5.41) is 21.3. The van der Waals surface area contributed by atoms with Crippen molar-refractivity contribution in [2.75, 3.05) is 13.1 Å². The van der Waals surface area contributed by atoms with Crippen LogP contribution in [0.3, 0.4) is 0 Å². The van der Waals surface area contributed by atoms with Gasteiger partial charge in [0.25, 0.3) is 0 Å². The fourth-order valence-corrected chi connectivity index (χ4v) is 5.33. The Balaban J connectivity index is 1.40. The Hall–Kier alpha value is -4.23. The van der Waals surface area contributed by atoms with E-state index >= 15 is 0 Å². The molecule has 0 unspecified atom stereocenters. The molecule has 1 aliphatic rings. The average Bonchev–Trinajstić information content (AvgIpc) is 3.43. The van der Waals surface area contributed by atoms with E-state index in [4.69, 9.17) is 0 Å². The Morgan fingerprint density at radius 2 is 1.70 bits per heavy atom. The molecule has 1 aliphatic heterocycles. The number of rotatable bonds is 5. The third kappa shape index (κ3) is 4.32. The van der Waals surface area contributed by atoms with Crippen molar-refractivity contribution in [3.05, 3.63) is 84.1 Å². The van der Waals surface area contributed by atoms with E-state index < -0.39 is 5.91 Å². The number of aromatic amines is 1. The van der Waals surface area contributed by atoms with E-state index in [-0.39, 0.29) is 5.88 Å². The minimum atomic E-state index is -0.486. The van der Waals surface area contributed by atoms with Crippen LogP contribution in [0.1, 0.15) is 35.3 Å². The van der Waals surface area contributed by atoms with Crippen LogP contribution < -0.4 is 0 Å². The van der Waals surface area contributed by atoms with E-state index in [0.717, 1.165) is 64.4 Å². The van der Waals surface area contributed by atoms with Crippen LogP contribution in [0.4, 0.5) is 5.69 Å². The number of hydrogen-bond donors (Lipinski definition) is 2. The molecule has 7 nitrogen and oxygen atoms in total. The smallest absolute Gasteiger partial charge is 0.312 e. The van der Waals surface area contributed by atoms with Gasteiger partial charge in [-0.15, -0.1) is 10.2 Å². The van der Waals surface area contributed by atoms with Gasteiger partial charge in [-0.25, -0.2) is 0 Å². The predicted molar refractivity (Wildman–Crippen MR) is 146 cm³/mol. The fourth-order valence-electron chi connectivity index (χ4n) is 5.33. The number of para-hydroxylation sites is 1. The monoisotopic (exact) mass is 491 g/mol. The zero-order valence-electron chi connectivity index (χ0n) is 20.8. The lowest BCUT2D eigenvalue weighted by Gasteiger charge is -2.27. The normalized spacial score (nSPS) is 14.7. The molecular formula is C30H29N5O2. The van der Waals surface area contributed by atoms with Gasteiger partial charge in [0.05, 0.1) is 12.2 Å². The van der Waals surface area contributed by atoms with Gasteiger partial charge >= 0.3 is 5.91 Å². The van der Waals surface area contributed by atoms with Crippen LogP contribution in [0.5, 0.6) is 5.88 Å². The van der Waals surface area contributed by atoms with E-state index in [0.29, 0.717) is 18.1 Å². The average molecular weight is 492 g/mol. The van der Waals surface area contributed by atoms with E-state index in [1.807, 2.05) is 78.2 Å². The zero-order valence-corrected chi connectivity index (χ0v) is 20.8. The Morgan fingerprint density at radius 3 is 2.51 bits per heavy atom. The summed E-state index contributed by atoms with van der Waals surface area (Å²) in [7, 11) is 0. The number of carbonyl (C=O) groups is 1. The van der Waals surface area contributed by atoms with Crippen molar-refractivity contribution in [2.24, 2.45) is 10.2 Å². The molecule has 2 aromatic heterocycles. The number of carbonyl (C=O) groups excluding carboxylic acids is 1. The van der Waals surface area contributed by atoms with Gasteiger partial charge < -0.3 is 10.1 Å². The molecular weight excluding hydrogens is 462 g/mol. The second-order valence-electron chi connectivity index (χ2n) is 9.73. The van der Waals surface area contributed by atoms with Gasteiger partial charge in [-0.1, -0.05) is 66.6 Å². The number of aromatic nitrogens is 2. The van der Waals surface area contributed by atoms with Gasteiger partial charge in [-0.05, 0) is 56.6 Å². The molecule has 2 N–H and O–H groups in total. The second kappa shape index (κ2) is 9.67. The number of nitrogens with zero attached hydrogens (tertiary/aromatic N) is 4. The molecule has 0 atom stereocenters. The quantitative estimate of drug-likeness (QED) is 0.256. The van der Waals surface area contributed by atoms with Crippen molar-refractivity contribution in [3.63, 3.8) is 0 Å². The molecule has 0 aliphatic carbocycles. The van der Waals surface area contributed by atoms with Crippen molar-refractivity contribution in [2.45, 2.75) is 32.9 Å². The molecule has 0 saturated carbocycles. The summed E-state index contributed by atoms with van der Waals surface area (Å²) in [6.45, 7) is 4.62. The van der Waals surface area contributed by atoms with Crippen LogP contribution in [0.2, 0.25) is 0 Å². The molecule has 0 radical (unpaired) electrons. The molecule has 6 rings (SSSR count). The number of amides is 1. The Kier molecular flexibility index (Phi) is 6.06. The summed E-state index contributed by atoms with van der Waals surface area (Å²) < 4.78 is 1.86. The lowest BCUT2D eigenvalue weighted by molar-refractivity contribution is 0.0991. The van der Waals surface area contributed by atoms with Gasteiger partial charge in [0, 0.05) is 21.9 Å². The number of azo groups is 1. The predicted octanol–water partition coefficient (Wildman–Crippen LogP) is 7.17. The number of nitrogens with one attached hydrogen (secondary N) is 1. The van der Waals surface area contributed by atoms with Crippen LogP contribution in [-0.4, -0.2) is 38.6 Å². The van der Waals surface area contributed by atoms with Crippen molar-refractivity contribution >= 4 is 33.4 Å². The van der Waals surface area contributed by atoms with Gasteiger partial charge in [0.15, 0.2) is 5.69 Å². The van der Waals surface area contributed by atoms with Gasteiger partial charge in [0.2, 0.25) is 5.88 Å². The van der Waals surface area contributed by atoms with Crippen LogP contribution in [0, 0.1) is 6.92 Å². The fraction of sp³-hybridized carbons (Fsp3) is 0.233. The first-order valence-corrected chi connectivity index (χ1v) is 12.8. The Bertz CT molecular complexity index is 1620. The molecule has 37 heavy (non-hydrogen) atoms. The van der Waals surface area contributed by atoms with Crippen LogP contribution >= 0.6 is 0 Å². The third-order valence-corrected chi connectivity index (χ3v) is 7.18. The van der Waals surface area contributed by atoms with E-state index in [1.165, 1.54) is 6.42 Å². The van der Waals surface area contributed by atoms with E-state index in [1.54, 1.807) is 0 Å². The number of benzene rings is 3. The largest absolute Gasteiger partial charge is 0.493 e. The van der Waals surface area contributed by atoms with E-state index in [2.05, 4.69) is 26.2 Å². The molecule has 3 heterocycles. The number of fused-ring (bicyclic) bond motifs is 2. The molecule has 0 bridgehead atoms. The lowest BCUT2D eigenvalue weighted by Crippen LogP contribution is -2.31. The summed E-state index contributed by atoms with van der Waals surface area (Å²) in [4.78, 5) is 19.0. The van der Waals surface area contributed by atoms with Gasteiger partial charge in [-0.3, -0.25) is 14.3 Å². The molecule has 1 saturated heterocycles. The summed E-state index contributed by atoms with van der Waals surface area (Å²) in [5.74, 6) is -0.459. The first-order chi connectivity index (χ1) is 18.1. The lowest BCUT2D eigenvalue weighted by atomic mass is 10.0. The molecule has 1 fully saturated rings. The van der Waals surface area contributed by atoms with Gasteiger partial charge in [-0.2, -0.15) is 0 Å². The number of hydrogen-bond acceptors (Lipinski definition) is 4. The van der Waals surface area contributed by atoms with Crippen molar-refractivity contribution in [1.82, 2.24) is 14.5 Å². The first-order valence-electron chi connectivity index (χ1n) is 12.8. The van der Waals surface area contributed by atoms with Crippen molar-refractivity contribution in [3.8, 4) is 17.0 Å². The maximum atomic E-state index is 13.4. The summed E-state index contributed by atoms with van der Waals surface area (Å²) in [6.07, 6.45) is 3.57. The maximum Gasteiger partial charge on any atom is 0.312 e. The second-order valence-corrected chi connectivity index (χ2v) is 9.73. The highest BCUT2D eigenvalue weighted by molar-refractivity contribution is 6.10. The van der Waals surface area contributed by atoms with Crippen LogP contribution in [-0.2, 0) is 6.67 Å². The molecule has 186 valence electrons. The molecule has 1 amide bonds. The third-order valence-electron chi connectivity index (χ3n) is 7.18. The number of piperidine rings is 1. The molecule has 7 heteroatoms. The van der Waals surface area contributed by atoms with Gasteiger partial charge in [0.1, 0.15) is 5.69 Å².